The summed E-state index contributed by atoms with van der Waals surface area (Å²) >= 11 is 0. The largest absolute Gasteiger partial charge is 0.464 e. The first-order valence-corrected chi connectivity index (χ1v) is 6.45. The van der Waals surface area contributed by atoms with Gasteiger partial charge in [0, 0.05) is 19.2 Å². The lowest BCUT2D eigenvalue weighted by Crippen LogP contribution is -2.54. The van der Waals surface area contributed by atoms with Crippen LogP contribution >= 0.6 is 0 Å². The molecule has 1 atom stereocenters. The Kier molecular flexibility index (Phi) is 6.07. The van der Waals surface area contributed by atoms with Gasteiger partial charge in [0.2, 0.25) is 0 Å². The number of nitrogens with zero attached hydrogens (tertiary/aromatic N) is 1. The zero-order chi connectivity index (χ0) is 13.5. The van der Waals surface area contributed by atoms with Gasteiger partial charge in [-0.1, -0.05) is 0 Å². The predicted octanol–water partition coefficient (Wildman–Crippen LogP) is -0.360. The van der Waals surface area contributed by atoms with E-state index < -0.39 is 17.9 Å². The van der Waals surface area contributed by atoms with Crippen molar-refractivity contribution in [2.24, 2.45) is 5.73 Å². The Hall–Kier alpha value is -1.14. The summed E-state index contributed by atoms with van der Waals surface area (Å²) in [6, 6.07) is -1.09. The molecular weight excluding hydrogens is 236 g/mol. The molecule has 0 aromatic rings. The molecule has 1 amide bonds. The van der Waals surface area contributed by atoms with Gasteiger partial charge in [0.1, 0.15) is 0 Å². The molecule has 0 aromatic carbocycles. The highest BCUT2D eigenvalue weighted by Gasteiger charge is 2.34. The molecule has 0 saturated heterocycles. The van der Waals surface area contributed by atoms with Crippen LogP contribution < -0.4 is 5.73 Å². The van der Waals surface area contributed by atoms with E-state index in [4.69, 9.17) is 15.6 Å². The number of esters is 1. The van der Waals surface area contributed by atoms with E-state index in [1.807, 2.05) is 0 Å². The number of aliphatic hydroxyl groups is 1. The van der Waals surface area contributed by atoms with Crippen molar-refractivity contribution in [1.82, 2.24) is 4.90 Å². The van der Waals surface area contributed by atoms with E-state index in [0.29, 0.717) is 13.0 Å². The molecular formula is C12H22N2O4. The molecule has 0 aliphatic heterocycles. The van der Waals surface area contributed by atoms with Crippen molar-refractivity contribution in [1.29, 1.82) is 0 Å². The SMILES string of the molecule is CCOC(=O)C(N)C(=O)N(CCCO)C1CCC1. The highest BCUT2D eigenvalue weighted by molar-refractivity contribution is 6.01. The number of nitrogens with two attached hydrogens (primary N) is 1. The van der Waals surface area contributed by atoms with Crippen LogP contribution in [0.3, 0.4) is 0 Å². The van der Waals surface area contributed by atoms with E-state index in [1.165, 1.54) is 0 Å². The van der Waals surface area contributed by atoms with Crippen LogP contribution in [0.4, 0.5) is 0 Å². The maximum absolute atomic E-state index is 12.1. The fourth-order valence-electron chi connectivity index (χ4n) is 1.92. The molecule has 18 heavy (non-hydrogen) atoms. The standard InChI is InChI=1S/C12H22N2O4/c1-2-18-12(17)10(13)11(16)14(7-4-8-15)9-5-3-6-9/h9-10,15H,2-8,13H2,1H3. The van der Waals surface area contributed by atoms with E-state index >= 15 is 0 Å². The van der Waals surface area contributed by atoms with Crippen LogP contribution in [0, 0.1) is 0 Å². The third kappa shape index (κ3) is 3.68. The molecule has 104 valence electrons. The Labute approximate surface area is 107 Å². The summed E-state index contributed by atoms with van der Waals surface area (Å²) in [6.07, 6.45) is 3.46. The van der Waals surface area contributed by atoms with Crippen molar-refractivity contribution in [3.63, 3.8) is 0 Å². The number of amides is 1. The zero-order valence-corrected chi connectivity index (χ0v) is 10.8. The van der Waals surface area contributed by atoms with E-state index in [2.05, 4.69) is 0 Å². The van der Waals surface area contributed by atoms with Gasteiger partial charge in [-0.25, -0.2) is 4.79 Å². The summed E-state index contributed by atoms with van der Waals surface area (Å²) in [6.45, 7) is 2.34. The van der Waals surface area contributed by atoms with E-state index in [0.717, 1.165) is 19.3 Å². The van der Waals surface area contributed by atoms with Gasteiger partial charge in [-0.2, -0.15) is 0 Å². The van der Waals surface area contributed by atoms with Crippen molar-refractivity contribution in [2.45, 2.75) is 44.7 Å². The number of hydrogen-bond donors (Lipinski definition) is 2. The van der Waals surface area contributed by atoms with Crippen LogP contribution in [0.15, 0.2) is 0 Å². The number of hydrogen-bond acceptors (Lipinski definition) is 5. The van der Waals surface area contributed by atoms with Crippen LogP contribution in [0.2, 0.25) is 0 Å². The van der Waals surface area contributed by atoms with E-state index in [-0.39, 0.29) is 19.3 Å². The van der Waals surface area contributed by atoms with Gasteiger partial charge in [0.25, 0.3) is 5.91 Å². The first kappa shape index (κ1) is 14.9. The van der Waals surface area contributed by atoms with Crippen molar-refractivity contribution < 1.29 is 19.4 Å². The highest BCUT2D eigenvalue weighted by Crippen LogP contribution is 2.25. The minimum Gasteiger partial charge on any atom is -0.464 e. The predicted molar refractivity (Wildman–Crippen MR) is 65.7 cm³/mol. The zero-order valence-electron chi connectivity index (χ0n) is 10.8. The Morgan fingerprint density at radius 2 is 2.17 bits per heavy atom. The first-order valence-electron chi connectivity index (χ1n) is 6.45. The molecule has 6 nitrogen and oxygen atoms in total. The second kappa shape index (κ2) is 7.33. The third-order valence-electron chi connectivity index (χ3n) is 3.16. The maximum Gasteiger partial charge on any atom is 0.332 e. The molecule has 1 saturated carbocycles. The lowest BCUT2D eigenvalue weighted by molar-refractivity contribution is -0.152. The van der Waals surface area contributed by atoms with E-state index in [9.17, 15) is 9.59 Å². The van der Waals surface area contributed by atoms with Gasteiger partial charge in [0.15, 0.2) is 6.04 Å². The minimum absolute atomic E-state index is 0.0190. The monoisotopic (exact) mass is 258 g/mol. The highest BCUT2D eigenvalue weighted by atomic mass is 16.5. The fourth-order valence-corrected chi connectivity index (χ4v) is 1.92. The summed E-state index contributed by atoms with van der Waals surface area (Å²) in [4.78, 5) is 25.2. The van der Waals surface area contributed by atoms with Crippen molar-refractivity contribution >= 4 is 11.9 Å². The van der Waals surface area contributed by atoms with Gasteiger partial charge < -0.3 is 20.5 Å². The lowest BCUT2D eigenvalue weighted by Gasteiger charge is -2.38. The molecule has 1 aliphatic carbocycles. The second-order valence-electron chi connectivity index (χ2n) is 4.42. The summed E-state index contributed by atoms with van der Waals surface area (Å²) in [5, 5.41) is 8.84. The summed E-state index contributed by atoms with van der Waals surface area (Å²) in [5.41, 5.74) is 5.61. The topological polar surface area (TPSA) is 92.9 Å². The van der Waals surface area contributed by atoms with Gasteiger partial charge in [-0.05, 0) is 32.6 Å². The van der Waals surface area contributed by atoms with Crippen LogP contribution in [-0.4, -0.2) is 53.7 Å². The Balaban J connectivity index is 2.59. The normalized spacial score (nSPS) is 16.8. The molecule has 0 aromatic heterocycles. The summed E-state index contributed by atoms with van der Waals surface area (Å²) in [5.74, 6) is -1.08. The molecule has 0 heterocycles. The van der Waals surface area contributed by atoms with E-state index in [1.54, 1.807) is 11.8 Å². The van der Waals surface area contributed by atoms with Crippen LogP contribution in [0.25, 0.3) is 0 Å². The number of ether oxygens (including phenoxy) is 1. The minimum atomic E-state index is -1.25. The quantitative estimate of drug-likeness (QED) is 0.480. The lowest BCUT2D eigenvalue weighted by atomic mass is 9.91. The molecule has 6 heteroatoms. The molecule has 1 aliphatic rings. The molecule has 1 unspecified atom stereocenters. The molecule has 0 spiro atoms. The van der Waals surface area contributed by atoms with Gasteiger partial charge >= 0.3 is 5.97 Å². The average molecular weight is 258 g/mol. The molecule has 1 fully saturated rings. The Morgan fingerprint density at radius 3 is 2.61 bits per heavy atom. The first-order chi connectivity index (χ1) is 8.61. The Bertz CT molecular complexity index is 292. The van der Waals surface area contributed by atoms with Crippen molar-refractivity contribution in [3.05, 3.63) is 0 Å². The number of carbonyl (C=O) groups excluding carboxylic acids is 2. The maximum atomic E-state index is 12.1. The van der Waals surface area contributed by atoms with Crippen molar-refractivity contribution in [3.8, 4) is 0 Å². The van der Waals surface area contributed by atoms with Crippen LogP contribution in [0.5, 0.6) is 0 Å². The molecule has 3 N–H and O–H groups in total. The number of aliphatic hydroxyl groups excluding tert-OH is 1. The van der Waals surface area contributed by atoms with Gasteiger partial charge in [-0.3, -0.25) is 4.79 Å². The van der Waals surface area contributed by atoms with Crippen LogP contribution in [-0.2, 0) is 14.3 Å². The average Bonchev–Trinajstić information content (AvgIpc) is 2.30. The third-order valence-corrected chi connectivity index (χ3v) is 3.16. The van der Waals surface area contributed by atoms with Gasteiger partial charge in [0.05, 0.1) is 6.61 Å². The Morgan fingerprint density at radius 1 is 1.50 bits per heavy atom. The summed E-state index contributed by atoms with van der Waals surface area (Å²) in [7, 11) is 0. The fraction of sp³-hybridized carbons (Fsp3) is 0.833. The molecule has 0 bridgehead atoms. The smallest absolute Gasteiger partial charge is 0.332 e. The molecule has 1 rings (SSSR count). The van der Waals surface area contributed by atoms with Gasteiger partial charge in [-0.15, -0.1) is 0 Å². The summed E-state index contributed by atoms with van der Waals surface area (Å²) < 4.78 is 4.75. The van der Waals surface area contributed by atoms with Crippen molar-refractivity contribution in [2.75, 3.05) is 19.8 Å². The van der Waals surface area contributed by atoms with Crippen LogP contribution in [0.1, 0.15) is 32.6 Å². The second-order valence-corrected chi connectivity index (χ2v) is 4.42. The number of rotatable bonds is 7. The molecule has 0 radical (unpaired) electrons. The number of carbonyl (C=O) groups is 2.